The van der Waals surface area contributed by atoms with Crippen molar-refractivity contribution in [2.75, 3.05) is 33.7 Å². The first-order valence-corrected chi connectivity index (χ1v) is 7.64. The number of rotatable bonds is 5. The molecule has 6 heteroatoms. The van der Waals surface area contributed by atoms with Crippen LogP contribution in [0.25, 0.3) is 0 Å². The lowest BCUT2D eigenvalue weighted by Crippen LogP contribution is -2.40. The fourth-order valence-corrected chi connectivity index (χ4v) is 2.41. The number of carbonyl (C=O) groups is 2. The van der Waals surface area contributed by atoms with E-state index in [0.717, 1.165) is 11.3 Å². The fraction of sp³-hybridized carbons (Fsp3) is 0.467. The maximum atomic E-state index is 12.5. The number of nitrogens with zero attached hydrogens (tertiary/aromatic N) is 2. The van der Waals surface area contributed by atoms with E-state index in [1.54, 1.807) is 30.4 Å². The van der Waals surface area contributed by atoms with Crippen molar-refractivity contribution in [2.45, 2.75) is 13.3 Å². The van der Waals surface area contributed by atoms with Gasteiger partial charge in [0.25, 0.3) is 5.91 Å². The van der Waals surface area contributed by atoms with E-state index in [9.17, 15) is 9.59 Å². The van der Waals surface area contributed by atoms with Crippen LogP contribution in [-0.2, 0) is 4.79 Å². The first-order chi connectivity index (χ1) is 9.99. The van der Waals surface area contributed by atoms with Crippen molar-refractivity contribution < 1.29 is 9.59 Å². The van der Waals surface area contributed by atoms with Crippen LogP contribution >= 0.6 is 11.3 Å². The summed E-state index contributed by atoms with van der Waals surface area (Å²) in [5.74, 6) is 5.45. The molecule has 0 saturated heterocycles. The molecule has 0 aliphatic carbocycles. The highest BCUT2D eigenvalue weighted by Crippen LogP contribution is 2.16. The minimum absolute atomic E-state index is 0.0878. The average Bonchev–Trinajstić information content (AvgIpc) is 2.92. The SMILES string of the molecule is CCCN(CC(=O)N(C)C)C(=O)c1csc(C#CCN)c1. The molecule has 0 bridgehead atoms. The zero-order valence-corrected chi connectivity index (χ0v) is 13.5. The zero-order valence-electron chi connectivity index (χ0n) is 12.7. The first-order valence-electron chi connectivity index (χ1n) is 6.76. The summed E-state index contributed by atoms with van der Waals surface area (Å²) in [7, 11) is 3.37. The van der Waals surface area contributed by atoms with Gasteiger partial charge in [-0.2, -0.15) is 0 Å². The van der Waals surface area contributed by atoms with E-state index in [1.807, 2.05) is 6.92 Å². The van der Waals surface area contributed by atoms with Crippen molar-refractivity contribution in [1.82, 2.24) is 9.80 Å². The number of carbonyl (C=O) groups excluding carboxylic acids is 2. The van der Waals surface area contributed by atoms with Gasteiger partial charge in [-0.3, -0.25) is 9.59 Å². The van der Waals surface area contributed by atoms with Crippen molar-refractivity contribution in [1.29, 1.82) is 0 Å². The highest BCUT2D eigenvalue weighted by Gasteiger charge is 2.19. The molecular weight excluding hydrogens is 286 g/mol. The van der Waals surface area contributed by atoms with Crippen LogP contribution in [0.3, 0.4) is 0 Å². The summed E-state index contributed by atoms with van der Waals surface area (Å²) < 4.78 is 0. The molecule has 2 N–H and O–H groups in total. The molecule has 1 rings (SSSR count). The van der Waals surface area contributed by atoms with Crippen LogP contribution in [0, 0.1) is 11.8 Å². The third-order valence-electron chi connectivity index (χ3n) is 2.77. The number of hydrogen-bond acceptors (Lipinski definition) is 4. The van der Waals surface area contributed by atoms with Gasteiger partial charge in [0, 0.05) is 26.0 Å². The van der Waals surface area contributed by atoms with Crippen LogP contribution in [-0.4, -0.2) is 55.3 Å². The van der Waals surface area contributed by atoms with E-state index < -0.39 is 0 Å². The van der Waals surface area contributed by atoms with Gasteiger partial charge in [0.1, 0.15) is 6.54 Å². The summed E-state index contributed by atoms with van der Waals surface area (Å²) in [5.41, 5.74) is 5.90. The number of amides is 2. The van der Waals surface area contributed by atoms with Gasteiger partial charge in [-0.05, 0) is 12.5 Å². The molecule has 1 aromatic rings. The molecule has 0 aliphatic heterocycles. The Kier molecular flexibility index (Phi) is 6.92. The Bertz CT molecular complexity index is 555. The second-order valence-corrected chi connectivity index (χ2v) is 5.63. The van der Waals surface area contributed by atoms with E-state index in [1.165, 1.54) is 16.2 Å². The lowest BCUT2D eigenvalue weighted by atomic mass is 10.2. The summed E-state index contributed by atoms with van der Waals surface area (Å²) >= 11 is 1.41. The van der Waals surface area contributed by atoms with E-state index in [4.69, 9.17) is 5.73 Å². The molecule has 0 fully saturated rings. The second-order valence-electron chi connectivity index (χ2n) is 4.72. The van der Waals surface area contributed by atoms with Crippen LogP contribution in [0.1, 0.15) is 28.6 Å². The smallest absolute Gasteiger partial charge is 0.255 e. The van der Waals surface area contributed by atoms with Gasteiger partial charge in [-0.25, -0.2) is 0 Å². The molecule has 0 spiro atoms. The number of likely N-dealkylation sites (N-methyl/N-ethyl adjacent to an activating group) is 1. The van der Waals surface area contributed by atoms with Crippen LogP contribution < -0.4 is 5.73 Å². The van der Waals surface area contributed by atoms with E-state index in [0.29, 0.717) is 18.7 Å². The molecule has 5 nitrogen and oxygen atoms in total. The number of hydrogen-bond donors (Lipinski definition) is 1. The standard InChI is InChI=1S/C15H21N3O2S/c1-4-8-18(10-14(19)17(2)3)15(20)12-9-13(21-11-12)6-5-7-16/h9,11H,4,7-8,10,16H2,1-3H3. The van der Waals surface area contributed by atoms with Crippen molar-refractivity contribution in [3.05, 3.63) is 21.9 Å². The van der Waals surface area contributed by atoms with E-state index in [2.05, 4.69) is 11.8 Å². The highest BCUT2D eigenvalue weighted by atomic mass is 32.1. The van der Waals surface area contributed by atoms with Crippen LogP contribution in [0.2, 0.25) is 0 Å². The van der Waals surface area contributed by atoms with Crippen LogP contribution in [0.5, 0.6) is 0 Å². The molecule has 21 heavy (non-hydrogen) atoms. The number of thiophene rings is 1. The predicted molar refractivity (Wildman–Crippen MR) is 85.1 cm³/mol. The van der Waals surface area contributed by atoms with Gasteiger partial charge in [0.2, 0.25) is 5.91 Å². The fourth-order valence-electron chi connectivity index (χ4n) is 1.66. The van der Waals surface area contributed by atoms with Gasteiger partial charge >= 0.3 is 0 Å². The third kappa shape index (κ3) is 5.21. The topological polar surface area (TPSA) is 66.6 Å². The first kappa shape index (κ1) is 17.2. The Morgan fingerprint density at radius 2 is 2.10 bits per heavy atom. The summed E-state index contributed by atoms with van der Waals surface area (Å²) in [6.45, 7) is 2.92. The molecule has 0 unspecified atom stereocenters. The Balaban J connectivity index is 2.85. The van der Waals surface area contributed by atoms with Crippen molar-refractivity contribution in [3.63, 3.8) is 0 Å². The summed E-state index contributed by atoms with van der Waals surface area (Å²) in [4.78, 5) is 28.1. The summed E-state index contributed by atoms with van der Waals surface area (Å²) in [6, 6.07) is 1.75. The number of nitrogens with two attached hydrogens (primary N) is 1. The molecule has 1 heterocycles. The van der Waals surface area contributed by atoms with Crippen molar-refractivity contribution >= 4 is 23.2 Å². The molecule has 0 aromatic carbocycles. The minimum Gasteiger partial charge on any atom is -0.347 e. The molecule has 0 atom stereocenters. The zero-order chi connectivity index (χ0) is 15.8. The van der Waals surface area contributed by atoms with E-state index in [-0.39, 0.29) is 18.4 Å². The molecular formula is C15H21N3O2S. The molecule has 2 amide bonds. The molecule has 1 aromatic heterocycles. The quantitative estimate of drug-likeness (QED) is 0.825. The maximum absolute atomic E-state index is 12.5. The van der Waals surface area contributed by atoms with Gasteiger partial charge in [-0.1, -0.05) is 18.8 Å². The normalized spacial score (nSPS) is 9.71. The monoisotopic (exact) mass is 307 g/mol. The molecule has 0 aliphatic rings. The Hall–Kier alpha value is -1.84. The van der Waals surface area contributed by atoms with Gasteiger partial charge in [-0.15, -0.1) is 11.3 Å². The second kappa shape index (κ2) is 8.45. The van der Waals surface area contributed by atoms with Crippen molar-refractivity contribution in [2.24, 2.45) is 5.73 Å². The average molecular weight is 307 g/mol. The lowest BCUT2D eigenvalue weighted by Gasteiger charge is -2.22. The third-order valence-corrected chi connectivity index (χ3v) is 3.61. The molecule has 114 valence electrons. The van der Waals surface area contributed by atoms with Gasteiger partial charge in [0.15, 0.2) is 0 Å². The Labute approximate surface area is 129 Å². The van der Waals surface area contributed by atoms with Gasteiger partial charge in [0.05, 0.1) is 17.0 Å². The Morgan fingerprint density at radius 3 is 2.67 bits per heavy atom. The minimum atomic E-state index is -0.135. The van der Waals surface area contributed by atoms with E-state index >= 15 is 0 Å². The highest BCUT2D eigenvalue weighted by molar-refractivity contribution is 7.10. The largest absolute Gasteiger partial charge is 0.347 e. The predicted octanol–water partition coefficient (Wildman–Crippen LogP) is 0.999. The summed E-state index contributed by atoms with van der Waals surface area (Å²) in [5, 5.41) is 1.77. The maximum Gasteiger partial charge on any atom is 0.255 e. The van der Waals surface area contributed by atoms with Crippen molar-refractivity contribution in [3.8, 4) is 11.8 Å². The van der Waals surface area contributed by atoms with Crippen LogP contribution in [0.4, 0.5) is 0 Å². The molecule has 0 radical (unpaired) electrons. The lowest BCUT2D eigenvalue weighted by molar-refractivity contribution is -0.129. The van der Waals surface area contributed by atoms with Crippen LogP contribution in [0.15, 0.2) is 11.4 Å². The molecule has 0 saturated carbocycles. The summed E-state index contributed by atoms with van der Waals surface area (Å²) in [6.07, 6.45) is 0.802. The Morgan fingerprint density at radius 1 is 1.38 bits per heavy atom. The van der Waals surface area contributed by atoms with Gasteiger partial charge < -0.3 is 15.5 Å².